The Morgan fingerprint density at radius 3 is 1.29 bits per heavy atom. The van der Waals surface area contributed by atoms with E-state index in [9.17, 15) is 9.59 Å². The van der Waals surface area contributed by atoms with E-state index < -0.39 is 17.6 Å². The third-order valence-electron chi connectivity index (χ3n) is 9.47. The SMILES string of the molecule is Cc1cccc(O[C@H](C)C(=O)Nc2ccc(C3(c4ccc(NC(=O)[C@@H](C)Oc5cccc(C)c5)cc4)c4ccccc4-c4ccccc43)cc2)c1. The molecule has 0 heterocycles. The van der Waals surface area contributed by atoms with Crippen LogP contribution < -0.4 is 20.1 Å². The fourth-order valence-corrected chi connectivity index (χ4v) is 7.01. The Hall–Kier alpha value is -6.14. The number of amides is 2. The Balaban J connectivity index is 1.18. The summed E-state index contributed by atoms with van der Waals surface area (Å²) in [6, 6.07) is 48.5. The van der Waals surface area contributed by atoms with E-state index >= 15 is 0 Å². The zero-order chi connectivity index (χ0) is 35.5. The molecular formula is C45H40N2O4. The summed E-state index contributed by atoms with van der Waals surface area (Å²) in [7, 11) is 0. The van der Waals surface area contributed by atoms with Gasteiger partial charge in [0.15, 0.2) is 12.2 Å². The van der Waals surface area contributed by atoms with Gasteiger partial charge in [0.25, 0.3) is 11.8 Å². The Labute approximate surface area is 299 Å². The number of aryl methyl sites for hydroxylation is 2. The van der Waals surface area contributed by atoms with E-state index in [0.717, 1.165) is 22.3 Å². The molecule has 0 bridgehead atoms. The van der Waals surface area contributed by atoms with E-state index in [2.05, 4.69) is 83.4 Å². The largest absolute Gasteiger partial charge is 0.481 e. The molecule has 6 heteroatoms. The van der Waals surface area contributed by atoms with Crippen LogP contribution in [0.2, 0.25) is 0 Å². The number of benzene rings is 6. The second-order valence-corrected chi connectivity index (χ2v) is 13.1. The van der Waals surface area contributed by atoms with Gasteiger partial charge in [0.1, 0.15) is 11.5 Å². The fraction of sp³-hybridized carbons (Fsp3) is 0.156. The lowest BCUT2D eigenvalue weighted by Gasteiger charge is -2.34. The molecule has 0 aliphatic heterocycles. The van der Waals surface area contributed by atoms with Crippen LogP contribution in [0.5, 0.6) is 11.5 Å². The Morgan fingerprint density at radius 2 is 0.902 bits per heavy atom. The first-order chi connectivity index (χ1) is 24.7. The highest BCUT2D eigenvalue weighted by Crippen LogP contribution is 2.56. The smallest absolute Gasteiger partial charge is 0.265 e. The number of anilines is 2. The quantitative estimate of drug-likeness (QED) is 0.152. The normalized spacial score (nSPS) is 13.6. The topological polar surface area (TPSA) is 76.7 Å². The van der Waals surface area contributed by atoms with Gasteiger partial charge in [0.2, 0.25) is 0 Å². The summed E-state index contributed by atoms with van der Waals surface area (Å²) in [5.74, 6) is 0.854. The van der Waals surface area contributed by atoms with E-state index in [4.69, 9.17) is 9.47 Å². The number of nitrogens with one attached hydrogen (secondary N) is 2. The molecule has 0 saturated carbocycles. The zero-order valence-electron chi connectivity index (χ0n) is 29.1. The number of fused-ring (bicyclic) bond motifs is 3. The second-order valence-electron chi connectivity index (χ2n) is 13.1. The van der Waals surface area contributed by atoms with Gasteiger partial charge in [-0.15, -0.1) is 0 Å². The van der Waals surface area contributed by atoms with Crippen molar-refractivity contribution < 1.29 is 19.1 Å². The van der Waals surface area contributed by atoms with Gasteiger partial charge >= 0.3 is 0 Å². The van der Waals surface area contributed by atoms with Gasteiger partial charge in [-0.25, -0.2) is 0 Å². The monoisotopic (exact) mass is 672 g/mol. The maximum Gasteiger partial charge on any atom is 0.265 e. The van der Waals surface area contributed by atoms with Gasteiger partial charge in [0.05, 0.1) is 5.41 Å². The van der Waals surface area contributed by atoms with E-state index in [0.29, 0.717) is 22.9 Å². The van der Waals surface area contributed by atoms with Crippen LogP contribution in [-0.2, 0) is 15.0 Å². The molecule has 6 nitrogen and oxygen atoms in total. The van der Waals surface area contributed by atoms with Gasteiger partial charge in [-0.1, -0.05) is 97.1 Å². The van der Waals surface area contributed by atoms with Crippen molar-refractivity contribution in [2.75, 3.05) is 10.6 Å². The van der Waals surface area contributed by atoms with Crippen LogP contribution in [0.15, 0.2) is 146 Å². The van der Waals surface area contributed by atoms with Crippen LogP contribution in [0.4, 0.5) is 11.4 Å². The number of rotatable bonds is 10. The molecular weight excluding hydrogens is 633 g/mol. The van der Waals surface area contributed by atoms with Crippen LogP contribution >= 0.6 is 0 Å². The number of hydrogen-bond acceptors (Lipinski definition) is 4. The summed E-state index contributed by atoms with van der Waals surface area (Å²) >= 11 is 0. The van der Waals surface area contributed by atoms with Crippen LogP contribution in [0, 0.1) is 13.8 Å². The van der Waals surface area contributed by atoms with Crippen molar-refractivity contribution in [1.29, 1.82) is 0 Å². The minimum atomic E-state index is -0.678. The summed E-state index contributed by atoms with van der Waals surface area (Å²) in [5.41, 5.74) is 9.64. The molecule has 0 spiro atoms. The van der Waals surface area contributed by atoms with Crippen LogP contribution in [0.3, 0.4) is 0 Å². The average Bonchev–Trinajstić information content (AvgIpc) is 3.43. The molecule has 2 atom stereocenters. The molecule has 1 aliphatic carbocycles. The lowest BCUT2D eigenvalue weighted by molar-refractivity contribution is -0.122. The standard InChI is InChI=1S/C45H40N2O4/c1-29-11-9-13-37(27-29)50-31(3)43(48)46-35-23-19-33(20-24-35)45(41-17-7-5-15-39(41)40-16-6-8-18-42(40)45)34-21-25-36(26-22-34)47-44(49)32(4)51-38-14-10-12-30(2)28-38/h5-28,31-32H,1-4H3,(H,46,48)(H,47,49)/t31-,32-/m1/s1. The lowest BCUT2D eigenvalue weighted by Crippen LogP contribution is -2.31. The molecule has 0 fully saturated rings. The van der Waals surface area contributed by atoms with Crippen LogP contribution in [0.1, 0.15) is 47.2 Å². The molecule has 6 aromatic carbocycles. The van der Waals surface area contributed by atoms with Crippen molar-refractivity contribution >= 4 is 23.2 Å². The maximum atomic E-state index is 13.1. The van der Waals surface area contributed by atoms with Gasteiger partial charge in [-0.3, -0.25) is 9.59 Å². The zero-order valence-corrected chi connectivity index (χ0v) is 29.1. The third kappa shape index (κ3) is 6.61. The second kappa shape index (κ2) is 14.0. The Bertz CT molecular complexity index is 2050. The van der Waals surface area contributed by atoms with Crippen molar-refractivity contribution in [2.45, 2.75) is 45.3 Å². The first kappa shape index (κ1) is 33.4. The summed E-state index contributed by atoms with van der Waals surface area (Å²) in [5, 5.41) is 6.05. The first-order valence-corrected chi connectivity index (χ1v) is 17.2. The number of ether oxygens (including phenoxy) is 2. The number of hydrogen-bond donors (Lipinski definition) is 2. The molecule has 0 unspecified atom stereocenters. The minimum Gasteiger partial charge on any atom is -0.481 e. The molecule has 6 aromatic rings. The van der Waals surface area contributed by atoms with Gasteiger partial charge in [-0.2, -0.15) is 0 Å². The summed E-state index contributed by atoms with van der Waals surface area (Å²) in [4.78, 5) is 26.3. The van der Waals surface area contributed by atoms with Crippen molar-refractivity contribution in [3.05, 3.63) is 179 Å². The van der Waals surface area contributed by atoms with Crippen LogP contribution in [-0.4, -0.2) is 24.0 Å². The van der Waals surface area contributed by atoms with Crippen LogP contribution in [0.25, 0.3) is 11.1 Å². The number of carbonyl (C=O) groups is 2. The van der Waals surface area contributed by atoms with Gasteiger partial charge in [0, 0.05) is 11.4 Å². The highest BCUT2D eigenvalue weighted by atomic mass is 16.5. The lowest BCUT2D eigenvalue weighted by atomic mass is 9.67. The van der Waals surface area contributed by atoms with Crippen molar-refractivity contribution in [2.24, 2.45) is 0 Å². The molecule has 0 radical (unpaired) electrons. The van der Waals surface area contributed by atoms with Crippen molar-refractivity contribution in [3.8, 4) is 22.6 Å². The predicted octanol–water partition coefficient (Wildman–Crippen LogP) is 9.48. The van der Waals surface area contributed by atoms with E-state index in [1.807, 2.05) is 86.6 Å². The highest BCUT2D eigenvalue weighted by molar-refractivity contribution is 5.95. The van der Waals surface area contributed by atoms with Gasteiger partial charge in [-0.05, 0) is 121 Å². The Kier molecular flexibility index (Phi) is 9.16. The molecule has 254 valence electrons. The molecule has 7 rings (SSSR count). The summed E-state index contributed by atoms with van der Waals surface area (Å²) in [6.07, 6.45) is -1.36. The predicted molar refractivity (Wildman–Crippen MR) is 204 cm³/mol. The molecule has 51 heavy (non-hydrogen) atoms. The maximum absolute atomic E-state index is 13.1. The van der Waals surface area contributed by atoms with Crippen molar-refractivity contribution in [3.63, 3.8) is 0 Å². The first-order valence-electron chi connectivity index (χ1n) is 17.2. The van der Waals surface area contributed by atoms with Crippen molar-refractivity contribution in [1.82, 2.24) is 0 Å². The molecule has 0 saturated heterocycles. The summed E-state index contributed by atoms with van der Waals surface area (Å²) in [6.45, 7) is 7.47. The molecule has 2 amide bonds. The highest BCUT2D eigenvalue weighted by Gasteiger charge is 2.45. The van der Waals surface area contributed by atoms with E-state index in [1.165, 1.54) is 22.3 Å². The third-order valence-corrected chi connectivity index (χ3v) is 9.47. The van der Waals surface area contributed by atoms with E-state index in [1.54, 1.807) is 13.8 Å². The summed E-state index contributed by atoms with van der Waals surface area (Å²) < 4.78 is 11.8. The Morgan fingerprint density at radius 1 is 0.510 bits per heavy atom. The van der Waals surface area contributed by atoms with Gasteiger partial charge < -0.3 is 20.1 Å². The molecule has 1 aliphatic rings. The molecule has 0 aromatic heterocycles. The fourth-order valence-electron chi connectivity index (χ4n) is 7.01. The average molecular weight is 673 g/mol. The minimum absolute atomic E-state index is 0.230. The van der Waals surface area contributed by atoms with E-state index in [-0.39, 0.29) is 11.8 Å². The number of carbonyl (C=O) groups excluding carboxylic acids is 2. The molecule has 2 N–H and O–H groups in total.